The number of urea groups is 2. The molecule has 2 aliphatic rings. The average molecular weight is 486 g/mol. The Hall–Kier alpha value is -4.27. The second-order valence-electron chi connectivity index (χ2n) is 9.54. The minimum Gasteiger partial charge on any atom is -0.378 e. The number of benzene rings is 2. The fraction of sp³-hybridized carbons (Fsp3) is 0.296. The van der Waals surface area contributed by atoms with Gasteiger partial charge in [-0.25, -0.2) is 9.59 Å². The molecule has 0 fully saturated rings. The summed E-state index contributed by atoms with van der Waals surface area (Å²) < 4.78 is 0. The van der Waals surface area contributed by atoms with E-state index in [2.05, 4.69) is 37.6 Å². The first-order chi connectivity index (χ1) is 17.3. The van der Waals surface area contributed by atoms with Crippen molar-refractivity contribution in [2.75, 3.05) is 71.5 Å². The number of nitrogens with zero attached hydrogens (tertiary/aromatic N) is 5. The zero-order valence-corrected chi connectivity index (χ0v) is 21.1. The van der Waals surface area contributed by atoms with Gasteiger partial charge in [-0.15, -0.1) is 0 Å². The maximum atomic E-state index is 13.0. The van der Waals surface area contributed by atoms with Crippen molar-refractivity contribution >= 4 is 46.2 Å². The Morgan fingerprint density at radius 3 is 1.58 bits per heavy atom. The lowest BCUT2D eigenvalue weighted by Crippen LogP contribution is -2.34. The molecule has 36 heavy (non-hydrogen) atoms. The van der Waals surface area contributed by atoms with Gasteiger partial charge in [0, 0.05) is 64.0 Å². The molecule has 2 N–H and O–H groups in total. The molecule has 5 rings (SSSR count). The van der Waals surface area contributed by atoms with Gasteiger partial charge in [0.2, 0.25) is 0 Å². The van der Waals surface area contributed by atoms with Gasteiger partial charge >= 0.3 is 12.1 Å². The molecule has 3 aromatic rings. The smallest absolute Gasteiger partial charge is 0.326 e. The minimum atomic E-state index is -0.221. The predicted molar refractivity (Wildman–Crippen MR) is 146 cm³/mol. The van der Waals surface area contributed by atoms with Gasteiger partial charge in [0.1, 0.15) is 0 Å². The highest BCUT2D eigenvalue weighted by molar-refractivity contribution is 6.05. The monoisotopic (exact) mass is 485 g/mol. The highest BCUT2D eigenvalue weighted by Gasteiger charge is 2.27. The summed E-state index contributed by atoms with van der Waals surface area (Å²) in [6, 6.07) is 13.5. The lowest BCUT2D eigenvalue weighted by molar-refractivity contribution is 0.256. The zero-order valence-electron chi connectivity index (χ0n) is 21.1. The van der Waals surface area contributed by atoms with Crippen molar-refractivity contribution in [1.82, 2.24) is 4.98 Å². The van der Waals surface area contributed by atoms with Crippen LogP contribution in [0.1, 0.15) is 11.1 Å². The van der Waals surface area contributed by atoms with Gasteiger partial charge in [-0.05, 0) is 66.4 Å². The number of anilines is 6. The Balaban J connectivity index is 1.25. The highest BCUT2D eigenvalue weighted by Crippen LogP contribution is 2.33. The molecule has 4 amide bonds. The van der Waals surface area contributed by atoms with E-state index in [1.54, 1.807) is 28.3 Å². The van der Waals surface area contributed by atoms with E-state index in [1.165, 1.54) is 0 Å². The number of hydrogen-bond donors (Lipinski definition) is 2. The molecule has 1 aromatic heterocycles. The Morgan fingerprint density at radius 2 is 1.17 bits per heavy atom. The van der Waals surface area contributed by atoms with Crippen LogP contribution in [-0.4, -0.2) is 58.3 Å². The van der Waals surface area contributed by atoms with Crippen molar-refractivity contribution < 1.29 is 9.59 Å². The molecule has 0 unspecified atom stereocenters. The molecule has 0 spiro atoms. The molecule has 0 radical (unpaired) electrons. The molecule has 9 nitrogen and oxygen atoms in total. The number of rotatable bonds is 4. The number of carbonyl (C=O) groups is 2. The number of hydrogen-bond acceptors (Lipinski definition) is 5. The number of aromatic nitrogens is 1. The van der Waals surface area contributed by atoms with Crippen LogP contribution in [0.25, 0.3) is 0 Å². The Bertz CT molecular complexity index is 1220. The molecule has 3 heterocycles. The van der Waals surface area contributed by atoms with E-state index in [0.717, 1.165) is 46.7 Å². The van der Waals surface area contributed by atoms with E-state index < -0.39 is 0 Å². The second kappa shape index (κ2) is 9.41. The van der Waals surface area contributed by atoms with E-state index in [4.69, 9.17) is 0 Å². The van der Waals surface area contributed by atoms with Gasteiger partial charge in [-0.3, -0.25) is 14.8 Å². The standard InChI is InChI=1S/C27H31N7O2/c1-31(2)22-5-7-24-18(13-22)9-11-33(24)26(35)29-20-15-21(17-28-16-20)30-27(36)34-12-10-19-14-23(32(3)4)6-8-25(19)34/h5-8,13-17H,9-12H2,1-4H3,(H,29,35)(H,30,36). The van der Waals surface area contributed by atoms with Gasteiger partial charge in [0.15, 0.2) is 0 Å². The number of carbonyl (C=O) groups excluding carboxylic acids is 2. The quantitative estimate of drug-likeness (QED) is 0.572. The van der Waals surface area contributed by atoms with Crippen LogP contribution in [0.3, 0.4) is 0 Å². The van der Waals surface area contributed by atoms with Gasteiger partial charge in [0.25, 0.3) is 0 Å². The van der Waals surface area contributed by atoms with Crippen LogP contribution in [0.2, 0.25) is 0 Å². The summed E-state index contributed by atoms with van der Waals surface area (Å²) in [6.07, 6.45) is 4.78. The van der Waals surface area contributed by atoms with Gasteiger partial charge in [-0.2, -0.15) is 0 Å². The van der Waals surface area contributed by atoms with Crippen molar-refractivity contribution in [3.8, 4) is 0 Å². The summed E-state index contributed by atoms with van der Waals surface area (Å²) in [5.41, 5.74) is 7.41. The Kier molecular flexibility index (Phi) is 6.13. The molecule has 2 aromatic carbocycles. The van der Waals surface area contributed by atoms with Crippen molar-refractivity contribution in [3.63, 3.8) is 0 Å². The van der Waals surface area contributed by atoms with Crippen LogP contribution < -0.4 is 30.2 Å². The third-order valence-corrected chi connectivity index (χ3v) is 6.68. The van der Waals surface area contributed by atoms with Gasteiger partial charge in [-0.1, -0.05) is 0 Å². The SMILES string of the molecule is CN(C)c1ccc2c(c1)CCN2C(=O)Nc1cncc(NC(=O)N2CCc3cc(N(C)C)ccc32)c1. The zero-order chi connectivity index (χ0) is 25.4. The Labute approximate surface area is 211 Å². The first kappa shape index (κ1) is 23.5. The summed E-state index contributed by atoms with van der Waals surface area (Å²) in [6.45, 7) is 1.23. The molecule has 0 aliphatic carbocycles. The third-order valence-electron chi connectivity index (χ3n) is 6.68. The number of fused-ring (bicyclic) bond motifs is 2. The van der Waals surface area contributed by atoms with Crippen molar-refractivity contribution in [1.29, 1.82) is 0 Å². The van der Waals surface area contributed by atoms with Crippen LogP contribution in [0.15, 0.2) is 54.9 Å². The van der Waals surface area contributed by atoms with Crippen LogP contribution in [0, 0.1) is 0 Å². The lowest BCUT2D eigenvalue weighted by atomic mass is 10.1. The summed E-state index contributed by atoms with van der Waals surface area (Å²) in [4.78, 5) is 37.9. The molecule has 0 atom stereocenters. The average Bonchev–Trinajstić information content (AvgIpc) is 3.47. The normalized spacial score (nSPS) is 13.8. The van der Waals surface area contributed by atoms with E-state index in [1.807, 2.05) is 52.5 Å². The van der Waals surface area contributed by atoms with Gasteiger partial charge in [0.05, 0.1) is 23.8 Å². The fourth-order valence-corrected chi connectivity index (χ4v) is 4.71. The Morgan fingerprint density at radius 1 is 0.722 bits per heavy atom. The summed E-state index contributed by atoms with van der Waals surface area (Å²) in [5, 5.41) is 5.84. The molecule has 2 aliphatic heterocycles. The van der Waals surface area contributed by atoms with E-state index >= 15 is 0 Å². The summed E-state index contributed by atoms with van der Waals surface area (Å²) >= 11 is 0. The second-order valence-corrected chi connectivity index (χ2v) is 9.54. The van der Waals surface area contributed by atoms with Crippen molar-refractivity contribution in [2.24, 2.45) is 0 Å². The van der Waals surface area contributed by atoms with E-state index in [9.17, 15) is 9.59 Å². The molecule has 9 heteroatoms. The predicted octanol–water partition coefficient (Wildman–Crippen LogP) is 4.40. The first-order valence-corrected chi connectivity index (χ1v) is 12.0. The number of nitrogens with one attached hydrogen (secondary N) is 2. The third kappa shape index (κ3) is 4.51. The van der Waals surface area contributed by atoms with Crippen LogP contribution in [0.5, 0.6) is 0 Å². The van der Waals surface area contributed by atoms with Crippen LogP contribution >= 0.6 is 0 Å². The maximum absolute atomic E-state index is 13.0. The molecule has 0 saturated carbocycles. The molecule has 0 saturated heterocycles. The van der Waals surface area contributed by atoms with E-state index in [0.29, 0.717) is 24.5 Å². The number of pyridine rings is 1. The maximum Gasteiger partial charge on any atom is 0.326 e. The number of amides is 4. The van der Waals surface area contributed by atoms with Crippen molar-refractivity contribution in [3.05, 3.63) is 66.0 Å². The molecular weight excluding hydrogens is 454 g/mol. The van der Waals surface area contributed by atoms with Crippen LogP contribution in [-0.2, 0) is 12.8 Å². The topological polar surface area (TPSA) is 84.0 Å². The molecule has 0 bridgehead atoms. The summed E-state index contributed by atoms with van der Waals surface area (Å²) in [7, 11) is 8.01. The fourth-order valence-electron chi connectivity index (χ4n) is 4.71. The summed E-state index contributed by atoms with van der Waals surface area (Å²) in [5.74, 6) is 0. The van der Waals surface area contributed by atoms with Crippen LogP contribution in [0.4, 0.5) is 43.7 Å². The molecule has 186 valence electrons. The molecular formula is C27H31N7O2. The minimum absolute atomic E-state index is 0.221. The van der Waals surface area contributed by atoms with E-state index in [-0.39, 0.29) is 12.1 Å². The lowest BCUT2D eigenvalue weighted by Gasteiger charge is -2.20. The first-order valence-electron chi connectivity index (χ1n) is 12.0. The highest BCUT2D eigenvalue weighted by atomic mass is 16.2. The van der Waals surface area contributed by atoms with Crippen molar-refractivity contribution in [2.45, 2.75) is 12.8 Å². The van der Waals surface area contributed by atoms with Gasteiger partial charge < -0.3 is 20.4 Å². The largest absolute Gasteiger partial charge is 0.378 e.